The number of halogens is 1. The third-order valence-electron chi connectivity index (χ3n) is 2.16. The lowest BCUT2D eigenvalue weighted by Crippen LogP contribution is -3.61. The average Bonchev–Trinajstić information content (AvgIpc) is 2.42. The fourth-order valence-corrected chi connectivity index (χ4v) is 3.74. The van der Waals surface area contributed by atoms with Crippen LogP contribution in [0, 0.1) is 7.14 Å². The summed E-state index contributed by atoms with van der Waals surface area (Å²) in [5.41, 5.74) is 0. The molecular formula is C15H12IO2+. The Kier molecular flexibility index (Phi) is 4.52. The van der Waals surface area contributed by atoms with E-state index in [1.807, 2.05) is 42.5 Å². The van der Waals surface area contributed by atoms with Gasteiger partial charge in [0.25, 0.3) is 0 Å². The lowest BCUT2D eigenvalue weighted by molar-refractivity contribution is -0.598. The number of carbonyl (C=O) groups is 1. The van der Waals surface area contributed by atoms with Gasteiger partial charge in [-0.15, -0.1) is 0 Å². The van der Waals surface area contributed by atoms with Gasteiger partial charge in [-0.2, -0.15) is 0 Å². The summed E-state index contributed by atoms with van der Waals surface area (Å²) in [5.74, 6) is 0.221. The van der Waals surface area contributed by atoms with E-state index in [0.29, 0.717) is 5.75 Å². The minimum atomic E-state index is -0.417. The van der Waals surface area contributed by atoms with Crippen molar-refractivity contribution in [3.05, 3.63) is 74.4 Å². The quantitative estimate of drug-likeness (QED) is 0.333. The lowest BCUT2D eigenvalue weighted by atomic mass is 10.3. The standard InChI is InChI=1S/C15H12IO2/c1-2-15(17)18-14-11-7-6-10-13(14)16-12-8-4-3-5-9-12/h2-11H,1H2/q+1. The van der Waals surface area contributed by atoms with Crippen molar-refractivity contribution in [3.8, 4) is 5.75 Å². The van der Waals surface area contributed by atoms with Gasteiger partial charge in [-0.1, -0.05) is 36.9 Å². The van der Waals surface area contributed by atoms with Crippen LogP contribution in [0.2, 0.25) is 0 Å². The third-order valence-corrected chi connectivity index (χ3v) is 4.97. The normalized spacial score (nSPS) is 9.78. The number of ether oxygens (including phenoxy) is 1. The summed E-state index contributed by atoms with van der Waals surface area (Å²) in [4.78, 5) is 11.3. The van der Waals surface area contributed by atoms with E-state index in [4.69, 9.17) is 4.74 Å². The molecule has 0 radical (unpaired) electrons. The van der Waals surface area contributed by atoms with Crippen LogP contribution < -0.4 is 25.9 Å². The van der Waals surface area contributed by atoms with E-state index < -0.39 is 5.97 Å². The van der Waals surface area contributed by atoms with Crippen LogP contribution in [-0.4, -0.2) is 5.97 Å². The molecule has 0 spiro atoms. The van der Waals surface area contributed by atoms with Crippen molar-refractivity contribution in [2.24, 2.45) is 0 Å². The molecule has 2 aromatic rings. The van der Waals surface area contributed by atoms with E-state index in [-0.39, 0.29) is 21.2 Å². The first kappa shape index (κ1) is 12.8. The molecule has 0 aromatic heterocycles. The van der Waals surface area contributed by atoms with Crippen LogP contribution in [0.5, 0.6) is 5.75 Å². The summed E-state index contributed by atoms with van der Waals surface area (Å²) in [6.45, 7) is 3.40. The van der Waals surface area contributed by atoms with Crippen molar-refractivity contribution in [3.63, 3.8) is 0 Å². The van der Waals surface area contributed by atoms with Crippen LogP contribution in [0.4, 0.5) is 0 Å². The number of esters is 1. The highest BCUT2D eigenvalue weighted by Gasteiger charge is 2.21. The van der Waals surface area contributed by atoms with Gasteiger partial charge >= 0.3 is 27.2 Å². The molecule has 0 amide bonds. The maximum Gasteiger partial charge on any atom is 0.362 e. The van der Waals surface area contributed by atoms with Crippen molar-refractivity contribution in [2.45, 2.75) is 0 Å². The Bertz CT molecular complexity index is 549. The molecule has 2 aromatic carbocycles. The summed E-state index contributed by atoms with van der Waals surface area (Å²) < 4.78 is 7.62. The molecule has 0 atom stereocenters. The zero-order valence-corrected chi connectivity index (χ0v) is 11.8. The van der Waals surface area contributed by atoms with Gasteiger partial charge in [-0.05, 0) is 24.3 Å². The second-order valence-electron chi connectivity index (χ2n) is 3.45. The van der Waals surface area contributed by atoms with Gasteiger partial charge in [0.1, 0.15) is 0 Å². The van der Waals surface area contributed by atoms with Crippen LogP contribution in [-0.2, 0) is 4.79 Å². The minimum absolute atomic E-state index is 0.342. The predicted octanol–water partition coefficient (Wildman–Crippen LogP) is -0.0936. The highest BCUT2D eigenvalue weighted by Crippen LogP contribution is 2.09. The zero-order chi connectivity index (χ0) is 12.8. The summed E-state index contributed by atoms with van der Waals surface area (Å²) in [6.07, 6.45) is 1.18. The molecular weight excluding hydrogens is 339 g/mol. The average molecular weight is 351 g/mol. The minimum Gasteiger partial charge on any atom is -0.419 e. The lowest BCUT2D eigenvalue weighted by Gasteiger charge is -2.00. The van der Waals surface area contributed by atoms with Gasteiger partial charge in [0.15, 0.2) is 9.32 Å². The summed E-state index contributed by atoms with van der Waals surface area (Å²) >= 11 is -0.342. The maximum absolute atomic E-state index is 11.3. The first-order valence-electron chi connectivity index (χ1n) is 5.43. The molecule has 0 aliphatic rings. The second kappa shape index (κ2) is 6.35. The van der Waals surface area contributed by atoms with Gasteiger partial charge in [0.2, 0.25) is 3.57 Å². The van der Waals surface area contributed by atoms with Gasteiger partial charge < -0.3 is 4.74 Å². The topological polar surface area (TPSA) is 26.3 Å². The Hall–Kier alpha value is -1.62. The number of rotatable bonds is 4. The molecule has 0 heterocycles. The fraction of sp³-hybridized carbons (Fsp3) is 0. The van der Waals surface area contributed by atoms with Gasteiger partial charge in [-0.3, -0.25) is 0 Å². The number of hydrogen-bond acceptors (Lipinski definition) is 2. The number of hydrogen-bond donors (Lipinski definition) is 0. The van der Waals surface area contributed by atoms with Crippen LogP contribution in [0.1, 0.15) is 0 Å². The van der Waals surface area contributed by atoms with Crippen LogP contribution in [0.15, 0.2) is 67.3 Å². The van der Waals surface area contributed by atoms with Crippen LogP contribution in [0.25, 0.3) is 0 Å². The SMILES string of the molecule is C=CC(=O)Oc1ccccc1[I+]c1ccccc1. The van der Waals surface area contributed by atoms with Crippen molar-refractivity contribution < 1.29 is 30.7 Å². The Morgan fingerprint density at radius 1 is 1.06 bits per heavy atom. The molecule has 0 fully saturated rings. The van der Waals surface area contributed by atoms with E-state index >= 15 is 0 Å². The van der Waals surface area contributed by atoms with E-state index in [0.717, 1.165) is 3.57 Å². The van der Waals surface area contributed by atoms with Crippen LogP contribution in [0.3, 0.4) is 0 Å². The molecule has 0 aliphatic heterocycles. The monoisotopic (exact) mass is 351 g/mol. The van der Waals surface area contributed by atoms with Crippen molar-refractivity contribution in [1.82, 2.24) is 0 Å². The molecule has 3 heteroatoms. The fourth-order valence-electron chi connectivity index (χ4n) is 1.35. The Labute approximate surface area is 117 Å². The summed E-state index contributed by atoms with van der Waals surface area (Å²) in [7, 11) is 0. The van der Waals surface area contributed by atoms with E-state index in [9.17, 15) is 4.79 Å². The molecule has 0 aliphatic carbocycles. The Morgan fingerprint density at radius 2 is 1.72 bits per heavy atom. The van der Waals surface area contributed by atoms with Crippen molar-refractivity contribution in [2.75, 3.05) is 0 Å². The Balaban J connectivity index is 2.22. The summed E-state index contributed by atoms with van der Waals surface area (Å²) in [5, 5.41) is 0. The highest BCUT2D eigenvalue weighted by molar-refractivity contribution is 5.83. The molecule has 0 bridgehead atoms. The highest BCUT2D eigenvalue weighted by atomic mass is 127. The van der Waals surface area contributed by atoms with E-state index in [1.54, 1.807) is 0 Å². The number of carbonyl (C=O) groups excluding carboxylic acids is 1. The number of para-hydroxylation sites is 1. The van der Waals surface area contributed by atoms with Crippen molar-refractivity contribution in [1.29, 1.82) is 0 Å². The van der Waals surface area contributed by atoms with Gasteiger partial charge in [0.05, 0.1) is 0 Å². The number of benzene rings is 2. The Morgan fingerprint density at radius 3 is 2.44 bits per heavy atom. The van der Waals surface area contributed by atoms with Crippen molar-refractivity contribution >= 4 is 5.97 Å². The molecule has 0 unspecified atom stereocenters. The molecule has 0 saturated carbocycles. The first-order valence-corrected chi connectivity index (χ1v) is 7.58. The van der Waals surface area contributed by atoms with E-state index in [2.05, 4.69) is 18.7 Å². The smallest absolute Gasteiger partial charge is 0.362 e. The van der Waals surface area contributed by atoms with Gasteiger partial charge in [-0.25, -0.2) is 4.79 Å². The molecule has 90 valence electrons. The second-order valence-corrected chi connectivity index (χ2v) is 6.39. The van der Waals surface area contributed by atoms with Gasteiger partial charge in [0, 0.05) is 6.08 Å². The molecule has 0 N–H and O–H groups in total. The molecule has 2 rings (SSSR count). The first-order chi connectivity index (χ1) is 8.79. The van der Waals surface area contributed by atoms with Crippen LogP contribution >= 0.6 is 0 Å². The largest absolute Gasteiger partial charge is 0.419 e. The summed E-state index contributed by atoms with van der Waals surface area (Å²) in [6, 6.07) is 17.9. The maximum atomic E-state index is 11.3. The predicted molar refractivity (Wildman–Crippen MR) is 66.1 cm³/mol. The molecule has 18 heavy (non-hydrogen) atoms. The molecule has 2 nitrogen and oxygen atoms in total. The zero-order valence-electron chi connectivity index (χ0n) is 9.68. The third kappa shape index (κ3) is 3.43. The van der Waals surface area contributed by atoms with E-state index in [1.165, 1.54) is 9.65 Å². The molecule has 0 saturated heterocycles.